The Kier molecular flexibility index (Phi) is 97.0. The van der Waals surface area contributed by atoms with Crippen molar-refractivity contribution in [3.05, 3.63) is 253 Å². The first-order chi connectivity index (χ1) is 41.6. The third-order valence-corrected chi connectivity index (χ3v) is 12.1. The van der Waals surface area contributed by atoms with E-state index < -0.39 is 0 Å². The van der Waals surface area contributed by atoms with E-state index in [1.165, 1.54) is 84.4 Å². The molecule has 2 fully saturated rings. The standard InChI is InChI=1S/C18H22N2.C14H13N.C13H11NO.C12H9NO.C6H12.CHI3.CH2I2.CH3I.4CH3.I2.3HI.V.4W/c1-3-8-16(9-4-1)18-17(10-7-12-19-18)11-15-20-13-5-2-6-14-20;1-2-7-12-10-6-11-15-14(12)13-8-4-3-5-9-13;15-10-8-12-7-4-9-14-13(12)11-5-2-1-3-6-11;14-9-11-7-4-8-13-12(11)10-5-2-1-3-6-10;1-2-4-6-5-3-1;2-1(3)4;2-1-3;1-2;;;;;1-2;;;;;;;;/h1,3-4,7-10,12H,2,5-6,11,13-15H2;2-11H,1H3;1-7,9-10H,8H2;1-9H;1-6H2;1H;1H2;1H3;4*1H3;;3*1H;;;;;/q;;;;;;;;4*-1;;;;;+3;;;;/p-3. The maximum atomic E-state index is 10.8. The molecule has 4 aromatic carbocycles. The molecule has 1 saturated carbocycles. The van der Waals surface area contributed by atoms with Crippen LogP contribution in [0, 0.1) is 29.7 Å². The number of likely N-dealkylation sites (tertiary alicyclic amines) is 1. The number of halogens is 11. The van der Waals surface area contributed by atoms with Crippen LogP contribution in [0.3, 0.4) is 0 Å². The zero-order valence-corrected chi connectivity index (χ0v) is 90.1. The van der Waals surface area contributed by atoms with Crippen LogP contribution in [-0.4, -0.2) is 64.3 Å². The summed E-state index contributed by atoms with van der Waals surface area (Å²) in [6, 6.07) is 55.9. The third kappa shape index (κ3) is 56.0. The summed E-state index contributed by atoms with van der Waals surface area (Å²) in [7, 11) is 0. The van der Waals surface area contributed by atoms with Gasteiger partial charge in [0, 0.05) is 193 Å². The second-order valence-corrected chi connectivity index (χ2v) is 68.4. The van der Waals surface area contributed by atoms with E-state index in [9.17, 15) is 9.59 Å². The number of carbonyl (C=O) groups excluding carboxylic acids is 2. The second kappa shape index (κ2) is 80.0. The summed E-state index contributed by atoms with van der Waals surface area (Å²) in [5.41, 5.74) is 12.3. The molecule has 8 aromatic rings. The number of rotatable bonds is 11. The van der Waals surface area contributed by atoms with Crippen molar-refractivity contribution in [2.45, 2.75) is 77.5 Å². The molecule has 0 atom stereocenters. The van der Waals surface area contributed by atoms with Gasteiger partial charge in [0.2, 0.25) is 0 Å². The summed E-state index contributed by atoms with van der Waals surface area (Å²) in [5.74, 6) is 0. The fourth-order valence-corrected chi connectivity index (χ4v) is 8.49. The van der Waals surface area contributed by atoms with Crippen LogP contribution in [0.4, 0.5) is 0 Å². The molecule has 5 heterocycles. The van der Waals surface area contributed by atoms with E-state index in [1.54, 1.807) is 24.5 Å². The molecular weight excluding hydrogens is 3130 g/mol. The summed E-state index contributed by atoms with van der Waals surface area (Å²) in [5, 5.41) is 0. The van der Waals surface area contributed by atoms with Gasteiger partial charge in [-0.25, -0.2) is 0 Å². The van der Waals surface area contributed by atoms with Gasteiger partial charge in [-0.05, 0) is 85.7 Å². The number of benzene rings is 4. The molecule has 7 nitrogen and oxygen atoms in total. The quantitative estimate of drug-likeness (QED) is 0.0552. The van der Waals surface area contributed by atoms with Gasteiger partial charge in [0.15, 0.2) is 6.29 Å². The van der Waals surface area contributed by atoms with Crippen LogP contribution in [0.15, 0.2) is 201 Å². The predicted octanol–water partition coefficient (Wildman–Crippen LogP) is 26.6. The molecule has 4 aromatic heterocycles. The van der Waals surface area contributed by atoms with Crippen LogP contribution < -0.4 is 0 Å². The molecule has 1 aliphatic heterocycles. The first kappa shape index (κ1) is 113. The molecule has 1 saturated heterocycles. The van der Waals surface area contributed by atoms with E-state index in [2.05, 4.69) is 324 Å². The molecule has 10 rings (SSSR count). The van der Waals surface area contributed by atoms with Crippen molar-refractivity contribution < 1.29 is 98.8 Å². The smallest absolute Gasteiger partial charge is 0.0734 e. The minimum atomic E-state index is -0.278. The Bertz CT molecular complexity index is 2900. The summed E-state index contributed by atoms with van der Waals surface area (Å²) in [6.07, 6.45) is 27.6. The topological polar surface area (TPSA) is 88.9 Å². The summed E-state index contributed by atoms with van der Waals surface area (Å²) in [4.78, 5) is 43.1. The molecule has 0 bridgehead atoms. The Morgan fingerprint density at radius 2 is 0.731 bits per heavy atom. The number of nitrogens with zero attached hydrogens (tertiary/aromatic N) is 5. The van der Waals surface area contributed by atoms with Crippen LogP contribution in [0.1, 0.15) is 91.8 Å². The normalized spacial score (nSPS) is 10.9. The Morgan fingerprint density at radius 3 is 1.06 bits per heavy atom. The summed E-state index contributed by atoms with van der Waals surface area (Å²) in [6.45, 7) is 5.70. The molecule has 2 aliphatic rings. The summed E-state index contributed by atoms with van der Waals surface area (Å²) >= 11 is 25.3. The monoisotopic (exact) mass is 3210 g/mol. The van der Waals surface area contributed by atoms with E-state index in [0.29, 0.717) is 12.0 Å². The maximum Gasteiger partial charge on any atom is 0.0734 e. The van der Waals surface area contributed by atoms with Gasteiger partial charge >= 0.3 is 64.9 Å². The zero-order chi connectivity index (χ0) is 62.6. The number of hydrogen-bond donors (Lipinski definition) is 0. The SMILES string of the molecule is C1CCCCC1.CC=Cc1cccnc1-c1ccccc1.CI.IC(I)I.ICI.II.O=CCc1cccnc1-c1ccccc1.O=Cc1cccnc1-c1ccccc1.[CH3-].[CH3-].[CH3-].[CH3-].[I][V]([I])[I].[W].[W].[W].[W].c1ccc(-c2ncccc2CCN2CCCCC2)cc1. The molecule has 23 heteroatoms. The third-order valence-electron chi connectivity index (χ3n) is 12.1. The van der Waals surface area contributed by atoms with E-state index in [1.807, 2.05) is 127 Å². The Hall–Kier alpha value is 3.89. The van der Waals surface area contributed by atoms with E-state index in [-0.39, 0.29) is 119 Å². The predicted molar refractivity (Wildman–Crippen MR) is 485 cm³/mol. The number of hydrogen-bond acceptors (Lipinski definition) is 7. The molecular formula is C70H85I11N5O2VW4-4. The number of allylic oxidation sites excluding steroid dienone is 1. The molecule has 0 amide bonds. The van der Waals surface area contributed by atoms with Crippen molar-refractivity contribution >= 4 is 251 Å². The summed E-state index contributed by atoms with van der Waals surface area (Å²) < 4.78 is 1.93. The fourth-order valence-electron chi connectivity index (χ4n) is 8.49. The maximum absolute atomic E-state index is 10.8. The first-order valence-corrected chi connectivity index (χ1v) is 55.9. The number of alkyl halides is 6. The molecule has 0 N–H and O–H groups in total. The minimum absolute atomic E-state index is 0. The van der Waals surface area contributed by atoms with Gasteiger partial charge in [-0.2, -0.15) is 0 Å². The van der Waals surface area contributed by atoms with Crippen LogP contribution in [0.5, 0.6) is 0 Å². The Balaban J connectivity index is -0.000000153. The number of aldehydes is 2. The number of carbonyl (C=O) groups is 2. The largest absolute Gasteiger partial charge is 0.303 e. The van der Waals surface area contributed by atoms with Crippen molar-refractivity contribution in [3.8, 4) is 45.0 Å². The van der Waals surface area contributed by atoms with Crippen LogP contribution in [0.2, 0.25) is 0 Å². The fraction of sp³-hybridized carbons (Fsp3) is 0.257. The van der Waals surface area contributed by atoms with Crippen molar-refractivity contribution in [2.24, 2.45) is 0 Å². The average molecular weight is 3210 g/mol. The van der Waals surface area contributed by atoms with Gasteiger partial charge in [0.1, 0.15) is 6.22 Å². The average Bonchev–Trinajstić information content (AvgIpc) is 2.30. The molecule has 93 heavy (non-hydrogen) atoms. The van der Waals surface area contributed by atoms with Gasteiger partial charge in [0.25, 0.3) is 0 Å². The number of piperidine rings is 1. The second-order valence-electron chi connectivity index (χ2n) is 17.7. The van der Waals surface area contributed by atoms with Crippen LogP contribution in [-0.2, 0) is 107 Å². The van der Waals surface area contributed by atoms with E-state index in [0.717, 1.165) is 76.1 Å². The van der Waals surface area contributed by atoms with Crippen LogP contribution in [0.25, 0.3) is 51.1 Å². The van der Waals surface area contributed by atoms with E-state index >= 15 is 0 Å². The number of aromatic nitrogens is 4. The zero-order valence-electron chi connectivity index (χ0n) is 53.3. The minimum Gasteiger partial charge on any atom is -0.303 e. The molecule has 512 valence electrons. The number of pyridine rings is 4. The molecule has 0 radical (unpaired) electrons. The van der Waals surface area contributed by atoms with Crippen molar-refractivity contribution in [1.29, 1.82) is 0 Å². The van der Waals surface area contributed by atoms with E-state index in [4.69, 9.17) is 0 Å². The molecule has 0 unspecified atom stereocenters. The van der Waals surface area contributed by atoms with Crippen LogP contribution >= 0.6 is 233 Å². The molecule has 1 aliphatic carbocycles. The first-order valence-electron chi connectivity index (χ1n) is 27.1. The Labute approximate surface area is 762 Å². The van der Waals surface area contributed by atoms with Crippen molar-refractivity contribution in [2.75, 3.05) is 27.0 Å². The molecule has 0 spiro atoms. The van der Waals surface area contributed by atoms with Gasteiger partial charge in [0.05, 0.1) is 25.2 Å². The van der Waals surface area contributed by atoms with Gasteiger partial charge < -0.3 is 39.4 Å². The van der Waals surface area contributed by atoms with Crippen molar-refractivity contribution in [1.82, 2.24) is 24.8 Å². The van der Waals surface area contributed by atoms with Crippen molar-refractivity contribution in [3.63, 3.8) is 0 Å². The van der Waals surface area contributed by atoms with Gasteiger partial charge in [-0.15, -0.1) is 0 Å². The van der Waals surface area contributed by atoms with Gasteiger partial charge in [-0.3, -0.25) is 24.7 Å². The Morgan fingerprint density at radius 1 is 0.452 bits per heavy atom. The van der Waals surface area contributed by atoms with Gasteiger partial charge in [-0.1, -0.05) is 332 Å².